The molecular formula is C13H20FNO. The van der Waals surface area contributed by atoms with Crippen LogP contribution in [-0.4, -0.2) is 23.1 Å². The van der Waals surface area contributed by atoms with Gasteiger partial charge in [0.25, 0.3) is 0 Å². The standard InChI is InChI=1S/C13H20FNO/c1-4-5-10(2)15(3)9-11-6-12(14)8-13(16)7-11/h6-8,10,16H,4-5,9H2,1-3H3. The molecule has 0 aliphatic heterocycles. The highest BCUT2D eigenvalue weighted by molar-refractivity contribution is 5.28. The van der Waals surface area contributed by atoms with Crippen LogP contribution in [0.4, 0.5) is 4.39 Å². The Morgan fingerprint density at radius 3 is 2.62 bits per heavy atom. The Hall–Kier alpha value is -1.09. The van der Waals surface area contributed by atoms with Gasteiger partial charge in [0.1, 0.15) is 11.6 Å². The minimum atomic E-state index is -0.383. The monoisotopic (exact) mass is 225 g/mol. The predicted molar refractivity (Wildman–Crippen MR) is 63.9 cm³/mol. The molecule has 1 aromatic carbocycles. The molecule has 0 radical (unpaired) electrons. The van der Waals surface area contributed by atoms with E-state index < -0.39 is 0 Å². The van der Waals surface area contributed by atoms with Gasteiger partial charge >= 0.3 is 0 Å². The summed E-state index contributed by atoms with van der Waals surface area (Å²) in [5, 5.41) is 9.29. The Kier molecular flexibility index (Phi) is 4.74. The molecule has 0 aliphatic carbocycles. The smallest absolute Gasteiger partial charge is 0.127 e. The van der Waals surface area contributed by atoms with Gasteiger partial charge in [-0.1, -0.05) is 13.3 Å². The number of benzene rings is 1. The van der Waals surface area contributed by atoms with E-state index in [4.69, 9.17) is 0 Å². The van der Waals surface area contributed by atoms with Crippen molar-refractivity contribution in [1.82, 2.24) is 4.90 Å². The second-order valence-corrected chi connectivity index (χ2v) is 4.37. The van der Waals surface area contributed by atoms with E-state index in [9.17, 15) is 9.50 Å². The maximum atomic E-state index is 13.0. The number of rotatable bonds is 5. The van der Waals surface area contributed by atoms with Crippen LogP contribution in [0.2, 0.25) is 0 Å². The minimum absolute atomic E-state index is 0.00783. The minimum Gasteiger partial charge on any atom is -0.508 e. The third-order valence-corrected chi connectivity index (χ3v) is 2.83. The highest BCUT2D eigenvalue weighted by atomic mass is 19.1. The molecule has 0 amide bonds. The molecule has 1 rings (SSSR count). The maximum Gasteiger partial charge on any atom is 0.127 e. The lowest BCUT2D eigenvalue weighted by atomic mass is 10.1. The van der Waals surface area contributed by atoms with E-state index >= 15 is 0 Å². The molecule has 0 bridgehead atoms. The van der Waals surface area contributed by atoms with Crippen LogP contribution in [0.5, 0.6) is 5.75 Å². The molecule has 0 aromatic heterocycles. The molecule has 16 heavy (non-hydrogen) atoms. The Balaban J connectivity index is 2.65. The van der Waals surface area contributed by atoms with E-state index in [-0.39, 0.29) is 11.6 Å². The van der Waals surface area contributed by atoms with Crippen LogP contribution in [0.15, 0.2) is 18.2 Å². The number of hydrogen-bond acceptors (Lipinski definition) is 2. The van der Waals surface area contributed by atoms with Gasteiger partial charge in [0.05, 0.1) is 0 Å². The molecule has 0 heterocycles. The van der Waals surface area contributed by atoms with Crippen molar-refractivity contribution in [2.45, 2.75) is 39.3 Å². The van der Waals surface area contributed by atoms with Crippen LogP contribution >= 0.6 is 0 Å². The summed E-state index contributed by atoms with van der Waals surface area (Å²) in [4.78, 5) is 2.16. The number of phenolic OH excluding ortho intramolecular Hbond substituents is 1. The molecule has 0 saturated heterocycles. The van der Waals surface area contributed by atoms with Crippen molar-refractivity contribution in [2.24, 2.45) is 0 Å². The first-order chi connectivity index (χ1) is 7.52. The molecule has 1 atom stereocenters. The van der Waals surface area contributed by atoms with Gasteiger partial charge in [0.2, 0.25) is 0 Å². The van der Waals surface area contributed by atoms with Crippen molar-refractivity contribution >= 4 is 0 Å². The lowest BCUT2D eigenvalue weighted by molar-refractivity contribution is 0.236. The van der Waals surface area contributed by atoms with Crippen molar-refractivity contribution in [3.63, 3.8) is 0 Å². The largest absolute Gasteiger partial charge is 0.508 e. The van der Waals surface area contributed by atoms with Crippen LogP contribution in [-0.2, 0) is 6.54 Å². The number of phenols is 1. The second kappa shape index (κ2) is 5.85. The van der Waals surface area contributed by atoms with Gasteiger partial charge in [-0.05, 0) is 38.1 Å². The third-order valence-electron chi connectivity index (χ3n) is 2.83. The molecule has 1 unspecified atom stereocenters. The van der Waals surface area contributed by atoms with Crippen molar-refractivity contribution < 1.29 is 9.50 Å². The lowest BCUT2D eigenvalue weighted by Crippen LogP contribution is -2.28. The molecule has 90 valence electrons. The maximum absolute atomic E-state index is 13.0. The van der Waals surface area contributed by atoms with Gasteiger partial charge in [-0.15, -0.1) is 0 Å². The summed E-state index contributed by atoms with van der Waals surface area (Å²) in [6.45, 7) is 4.97. The van der Waals surface area contributed by atoms with E-state index in [0.717, 1.165) is 24.5 Å². The van der Waals surface area contributed by atoms with Crippen molar-refractivity contribution in [2.75, 3.05) is 7.05 Å². The molecule has 3 heteroatoms. The van der Waals surface area contributed by atoms with Gasteiger partial charge in [-0.2, -0.15) is 0 Å². The van der Waals surface area contributed by atoms with Crippen LogP contribution in [0.1, 0.15) is 32.3 Å². The van der Waals surface area contributed by atoms with E-state index in [1.54, 1.807) is 6.07 Å². The second-order valence-electron chi connectivity index (χ2n) is 4.37. The molecule has 0 fully saturated rings. The Morgan fingerprint density at radius 2 is 2.06 bits per heavy atom. The number of nitrogens with zero attached hydrogens (tertiary/aromatic N) is 1. The molecule has 1 aromatic rings. The zero-order valence-electron chi connectivity index (χ0n) is 10.2. The highest BCUT2D eigenvalue weighted by Crippen LogP contribution is 2.17. The quantitative estimate of drug-likeness (QED) is 0.832. The SMILES string of the molecule is CCCC(C)N(C)Cc1cc(O)cc(F)c1. The van der Waals surface area contributed by atoms with Gasteiger partial charge in [-0.3, -0.25) is 4.90 Å². The van der Waals surface area contributed by atoms with Gasteiger partial charge < -0.3 is 5.11 Å². The average molecular weight is 225 g/mol. The summed E-state index contributed by atoms with van der Waals surface area (Å²) >= 11 is 0. The fraction of sp³-hybridized carbons (Fsp3) is 0.538. The lowest BCUT2D eigenvalue weighted by Gasteiger charge is -2.24. The summed E-state index contributed by atoms with van der Waals surface area (Å²) in [7, 11) is 2.02. The van der Waals surface area contributed by atoms with E-state index in [1.165, 1.54) is 6.07 Å². The molecule has 0 aliphatic rings. The predicted octanol–water partition coefficient (Wildman–Crippen LogP) is 3.15. The topological polar surface area (TPSA) is 23.5 Å². The highest BCUT2D eigenvalue weighted by Gasteiger charge is 2.09. The number of hydrogen-bond donors (Lipinski definition) is 1. The zero-order valence-corrected chi connectivity index (χ0v) is 10.2. The first kappa shape index (κ1) is 13.0. The molecule has 1 N–H and O–H groups in total. The van der Waals surface area contributed by atoms with Gasteiger partial charge in [0.15, 0.2) is 0 Å². The fourth-order valence-electron chi connectivity index (χ4n) is 1.81. The van der Waals surface area contributed by atoms with Crippen molar-refractivity contribution in [1.29, 1.82) is 0 Å². The van der Waals surface area contributed by atoms with Crippen molar-refractivity contribution in [3.05, 3.63) is 29.6 Å². The number of aromatic hydroxyl groups is 1. The van der Waals surface area contributed by atoms with Crippen LogP contribution < -0.4 is 0 Å². The molecular weight excluding hydrogens is 205 g/mol. The van der Waals surface area contributed by atoms with E-state index in [0.29, 0.717) is 12.6 Å². The summed E-state index contributed by atoms with van der Waals surface area (Å²) in [5.41, 5.74) is 0.808. The Labute approximate surface area is 96.7 Å². The van der Waals surface area contributed by atoms with Gasteiger partial charge in [0, 0.05) is 18.7 Å². The first-order valence-corrected chi connectivity index (χ1v) is 5.71. The van der Waals surface area contributed by atoms with Crippen LogP contribution in [0.3, 0.4) is 0 Å². The summed E-state index contributed by atoms with van der Waals surface area (Å²) < 4.78 is 13.0. The van der Waals surface area contributed by atoms with Crippen LogP contribution in [0, 0.1) is 5.82 Å². The van der Waals surface area contributed by atoms with Crippen molar-refractivity contribution in [3.8, 4) is 5.75 Å². The summed E-state index contributed by atoms with van der Waals surface area (Å²) in [6, 6.07) is 4.67. The summed E-state index contributed by atoms with van der Waals surface area (Å²) in [6.07, 6.45) is 2.26. The van der Waals surface area contributed by atoms with Crippen LogP contribution in [0.25, 0.3) is 0 Å². The average Bonchev–Trinajstić information content (AvgIpc) is 2.16. The zero-order chi connectivity index (χ0) is 12.1. The number of halogens is 1. The fourth-order valence-corrected chi connectivity index (χ4v) is 1.81. The molecule has 0 saturated carbocycles. The normalized spacial score (nSPS) is 13.1. The third kappa shape index (κ3) is 3.81. The first-order valence-electron chi connectivity index (χ1n) is 5.71. The van der Waals surface area contributed by atoms with E-state index in [2.05, 4.69) is 18.7 Å². The van der Waals surface area contributed by atoms with Gasteiger partial charge in [-0.25, -0.2) is 4.39 Å². The Bertz CT molecular complexity index is 320. The van der Waals surface area contributed by atoms with E-state index in [1.807, 2.05) is 7.05 Å². The Morgan fingerprint density at radius 1 is 1.38 bits per heavy atom. The molecule has 2 nitrogen and oxygen atoms in total. The molecule has 0 spiro atoms. The summed E-state index contributed by atoms with van der Waals surface area (Å²) in [5.74, 6) is -0.391.